The summed E-state index contributed by atoms with van der Waals surface area (Å²) in [4.78, 5) is 10.9. The van der Waals surface area contributed by atoms with Gasteiger partial charge in [0.05, 0.1) is 15.9 Å². The van der Waals surface area contributed by atoms with Crippen LogP contribution in [-0.2, 0) is 14.8 Å². The van der Waals surface area contributed by atoms with Crippen LogP contribution in [0, 0.1) is 22.0 Å². The van der Waals surface area contributed by atoms with Crippen molar-refractivity contribution in [3.05, 3.63) is 28.3 Å². The van der Waals surface area contributed by atoms with Gasteiger partial charge in [0.2, 0.25) is 10.0 Å². The summed E-state index contributed by atoms with van der Waals surface area (Å²) in [6.45, 7) is 6.11. The fraction of sp³-hybridized carbons (Fsp3) is 0.667. The summed E-state index contributed by atoms with van der Waals surface area (Å²) in [5.74, 6) is 0.539. The van der Waals surface area contributed by atoms with Crippen molar-refractivity contribution in [2.24, 2.45) is 11.8 Å². The number of sulfonamides is 1. The van der Waals surface area contributed by atoms with Crippen molar-refractivity contribution >= 4 is 21.4 Å². The first-order valence-electron chi connectivity index (χ1n) is 9.41. The minimum atomic E-state index is -3.75. The SMILES string of the molecule is C[C@@H]1C[C@@H](C)CN(S(=O)(=O)c2ccc(NC[C@H]3CCCO3)c([N+](=O)[O-])c2)C1. The number of hydrogen-bond donors (Lipinski definition) is 1. The van der Waals surface area contributed by atoms with Crippen molar-refractivity contribution < 1.29 is 18.1 Å². The van der Waals surface area contributed by atoms with E-state index < -0.39 is 14.9 Å². The van der Waals surface area contributed by atoms with Gasteiger partial charge in [-0.05, 0) is 43.2 Å². The van der Waals surface area contributed by atoms with Crippen LogP contribution < -0.4 is 5.32 Å². The number of nitrogens with zero attached hydrogens (tertiary/aromatic N) is 2. The third kappa shape index (κ3) is 4.59. The number of ether oxygens (including phenoxy) is 1. The molecule has 0 aliphatic carbocycles. The number of nitrogens with one attached hydrogen (secondary N) is 1. The second kappa shape index (κ2) is 8.12. The number of anilines is 1. The standard InChI is InChI=1S/C18H27N3O5S/c1-13-8-14(2)12-20(11-13)27(24,25)16-5-6-17(18(9-16)21(22)23)19-10-15-4-3-7-26-15/h5-6,9,13-15,19H,3-4,7-8,10-12H2,1-2H3/t13-,14-,15-/m1/s1. The average molecular weight is 397 g/mol. The van der Waals surface area contributed by atoms with Crippen LogP contribution in [-0.4, -0.2) is 50.0 Å². The van der Waals surface area contributed by atoms with E-state index in [-0.39, 0.29) is 28.5 Å². The Kier molecular flexibility index (Phi) is 6.02. The Morgan fingerprint density at radius 1 is 1.30 bits per heavy atom. The molecule has 0 spiro atoms. The second-order valence-electron chi connectivity index (χ2n) is 7.72. The van der Waals surface area contributed by atoms with E-state index in [9.17, 15) is 18.5 Å². The van der Waals surface area contributed by atoms with Crippen molar-refractivity contribution in [2.75, 3.05) is 31.6 Å². The van der Waals surface area contributed by atoms with E-state index in [0.29, 0.717) is 31.9 Å². The van der Waals surface area contributed by atoms with E-state index in [2.05, 4.69) is 5.32 Å². The van der Waals surface area contributed by atoms with Crippen LogP contribution in [0.3, 0.4) is 0 Å². The van der Waals surface area contributed by atoms with E-state index in [0.717, 1.165) is 25.3 Å². The maximum atomic E-state index is 13.0. The maximum Gasteiger partial charge on any atom is 0.293 e. The van der Waals surface area contributed by atoms with Gasteiger partial charge in [-0.25, -0.2) is 8.42 Å². The summed E-state index contributed by atoms with van der Waals surface area (Å²) < 4.78 is 33.0. The van der Waals surface area contributed by atoms with Crippen LogP contribution in [0.15, 0.2) is 23.1 Å². The molecule has 1 aromatic rings. The van der Waals surface area contributed by atoms with Crippen LogP contribution in [0.1, 0.15) is 33.1 Å². The highest BCUT2D eigenvalue weighted by Crippen LogP contribution is 2.32. The molecule has 1 aromatic carbocycles. The van der Waals surface area contributed by atoms with Crippen LogP contribution in [0.5, 0.6) is 0 Å². The molecule has 8 nitrogen and oxygen atoms in total. The number of benzene rings is 1. The van der Waals surface area contributed by atoms with Crippen LogP contribution in [0.4, 0.5) is 11.4 Å². The van der Waals surface area contributed by atoms with Gasteiger partial charge in [-0.1, -0.05) is 13.8 Å². The van der Waals surface area contributed by atoms with E-state index in [1.165, 1.54) is 16.4 Å². The minimum Gasteiger partial charge on any atom is -0.377 e. The lowest BCUT2D eigenvalue weighted by Crippen LogP contribution is -2.42. The molecule has 0 unspecified atom stereocenters. The van der Waals surface area contributed by atoms with Crippen LogP contribution in [0.2, 0.25) is 0 Å². The monoisotopic (exact) mass is 397 g/mol. The van der Waals surface area contributed by atoms with Crippen molar-refractivity contribution in [3.63, 3.8) is 0 Å². The number of piperidine rings is 1. The maximum absolute atomic E-state index is 13.0. The summed E-state index contributed by atoms with van der Waals surface area (Å²) in [7, 11) is -3.75. The molecule has 150 valence electrons. The Labute approximate surface area is 160 Å². The van der Waals surface area contributed by atoms with Gasteiger partial charge in [0.25, 0.3) is 5.69 Å². The van der Waals surface area contributed by atoms with Gasteiger partial charge < -0.3 is 10.1 Å². The smallest absolute Gasteiger partial charge is 0.293 e. The zero-order valence-corrected chi connectivity index (χ0v) is 16.6. The number of hydrogen-bond acceptors (Lipinski definition) is 6. The molecular weight excluding hydrogens is 370 g/mol. The zero-order chi connectivity index (χ0) is 19.6. The van der Waals surface area contributed by atoms with Crippen LogP contribution in [0.25, 0.3) is 0 Å². The lowest BCUT2D eigenvalue weighted by molar-refractivity contribution is -0.384. The minimum absolute atomic E-state index is 0.0295. The van der Waals surface area contributed by atoms with Gasteiger partial charge in [-0.2, -0.15) is 4.31 Å². The molecular formula is C18H27N3O5S. The number of nitro benzene ring substituents is 1. The quantitative estimate of drug-likeness (QED) is 0.585. The topological polar surface area (TPSA) is 102 Å². The van der Waals surface area contributed by atoms with Gasteiger partial charge >= 0.3 is 0 Å². The lowest BCUT2D eigenvalue weighted by atomic mass is 9.94. The van der Waals surface area contributed by atoms with Gasteiger partial charge in [0, 0.05) is 32.3 Å². The van der Waals surface area contributed by atoms with Gasteiger partial charge in [-0.15, -0.1) is 0 Å². The molecule has 1 N–H and O–H groups in total. The van der Waals surface area contributed by atoms with E-state index in [4.69, 9.17) is 4.74 Å². The summed E-state index contributed by atoms with van der Waals surface area (Å²) in [5.41, 5.74) is 0.0852. The second-order valence-corrected chi connectivity index (χ2v) is 9.66. The average Bonchev–Trinajstić information content (AvgIpc) is 3.12. The van der Waals surface area contributed by atoms with E-state index >= 15 is 0 Å². The first-order valence-corrected chi connectivity index (χ1v) is 10.9. The molecule has 0 amide bonds. The van der Waals surface area contributed by atoms with Crippen molar-refractivity contribution in [1.82, 2.24) is 4.31 Å². The summed E-state index contributed by atoms with van der Waals surface area (Å²) in [5, 5.41) is 14.5. The lowest BCUT2D eigenvalue weighted by Gasteiger charge is -2.34. The van der Waals surface area contributed by atoms with Crippen molar-refractivity contribution in [1.29, 1.82) is 0 Å². The van der Waals surface area contributed by atoms with Crippen molar-refractivity contribution in [2.45, 2.75) is 44.1 Å². The Balaban J connectivity index is 1.83. The molecule has 2 saturated heterocycles. The van der Waals surface area contributed by atoms with E-state index in [1.54, 1.807) is 0 Å². The van der Waals surface area contributed by atoms with Gasteiger partial charge in [0.15, 0.2) is 0 Å². The first kappa shape index (κ1) is 20.0. The number of rotatable bonds is 6. The van der Waals surface area contributed by atoms with Gasteiger partial charge in [-0.3, -0.25) is 10.1 Å². The molecule has 0 bridgehead atoms. The molecule has 9 heteroatoms. The Morgan fingerprint density at radius 3 is 2.59 bits per heavy atom. The molecule has 2 fully saturated rings. The van der Waals surface area contributed by atoms with Crippen LogP contribution >= 0.6 is 0 Å². The largest absolute Gasteiger partial charge is 0.377 e. The normalized spacial score (nSPS) is 26.8. The molecule has 0 aromatic heterocycles. The van der Waals surface area contributed by atoms with E-state index in [1.807, 2.05) is 13.8 Å². The molecule has 2 aliphatic rings. The van der Waals surface area contributed by atoms with Crippen molar-refractivity contribution in [3.8, 4) is 0 Å². The molecule has 2 aliphatic heterocycles. The predicted octanol–water partition coefficient (Wildman–Crippen LogP) is 2.85. The Morgan fingerprint density at radius 2 is 2.00 bits per heavy atom. The summed E-state index contributed by atoms with van der Waals surface area (Å²) >= 11 is 0. The fourth-order valence-corrected chi connectivity index (χ4v) is 5.65. The fourth-order valence-electron chi connectivity index (χ4n) is 3.95. The number of nitro groups is 1. The summed E-state index contributed by atoms with van der Waals surface area (Å²) in [6, 6.07) is 4.10. The zero-order valence-electron chi connectivity index (χ0n) is 15.8. The molecule has 0 saturated carbocycles. The predicted molar refractivity (Wildman–Crippen MR) is 102 cm³/mol. The highest BCUT2D eigenvalue weighted by Gasteiger charge is 2.33. The third-order valence-electron chi connectivity index (χ3n) is 5.18. The highest BCUT2D eigenvalue weighted by molar-refractivity contribution is 7.89. The summed E-state index contributed by atoms with van der Waals surface area (Å²) in [6.07, 6.45) is 2.92. The first-order chi connectivity index (χ1) is 12.8. The molecule has 2 heterocycles. The van der Waals surface area contributed by atoms with Gasteiger partial charge in [0.1, 0.15) is 5.69 Å². The third-order valence-corrected chi connectivity index (χ3v) is 7.01. The molecule has 0 radical (unpaired) electrons. The Bertz CT molecular complexity index is 782. The molecule has 3 rings (SSSR count). The highest BCUT2D eigenvalue weighted by atomic mass is 32.2. The molecule has 27 heavy (non-hydrogen) atoms. The molecule has 3 atom stereocenters. The Hall–Kier alpha value is -1.71.